The molecular formula is C19H20N6O. The Morgan fingerprint density at radius 1 is 1.15 bits per heavy atom. The molecule has 2 aromatic carbocycles. The zero-order valence-corrected chi connectivity index (χ0v) is 14.3. The fourth-order valence-corrected chi connectivity index (χ4v) is 2.97. The van der Waals surface area contributed by atoms with E-state index in [1.165, 1.54) is 11.1 Å². The van der Waals surface area contributed by atoms with Gasteiger partial charge in [0.25, 0.3) is 0 Å². The molecule has 2 heterocycles. The zero-order chi connectivity index (χ0) is 17.8. The number of aromatic nitrogens is 3. The van der Waals surface area contributed by atoms with E-state index in [1.807, 2.05) is 42.5 Å². The van der Waals surface area contributed by atoms with Crippen molar-refractivity contribution >= 4 is 11.7 Å². The van der Waals surface area contributed by atoms with E-state index >= 15 is 0 Å². The van der Waals surface area contributed by atoms with Crippen LogP contribution in [-0.4, -0.2) is 27.6 Å². The first-order chi connectivity index (χ1) is 12.8. The highest BCUT2D eigenvalue weighted by atomic mass is 16.2. The van der Waals surface area contributed by atoms with E-state index in [2.05, 4.69) is 32.2 Å². The number of para-hydroxylation sites is 1. The molecule has 26 heavy (non-hydrogen) atoms. The molecule has 1 aromatic heterocycles. The molecule has 132 valence electrons. The van der Waals surface area contributed by atoms with E-state index in [1.54, 1.807) is 11.0 Å². The van der Waals surface area contributed by atoms with E-state index in [9.17, 15) is 4.79 Å². The molecule has 0 unspecified atom stereocenters. The summed E-state index contributed by atoms with van der Waals surface area (Å²) in [4.78, 5) is 13.7. The SMILES string of the molecule is O=C(NCc1cnn(-c2ccccc2)n1)Nc1ccc2c(c1)CNCC2. The Balaban J connectivity index is 1.34. The lowest BCUT2D eigenvalue weighted by atomic mass is 10.0. The molecule has 7 heteroatoms. The van der Waals surface area contributed by atoms with E-state index < -0.39 is 0 Å². The van der Waals surface area contributed by atoms with Crippen molar-refractivity contribution in [1.82, 2.24) is 25.6 Å². The normalized spacial score (nSPS) is 13.1. The van der Waals surface area contributed by atoms with Crippen LogP contribution in [-0.2, 0) is 19.5 Å². The van der Waals surface area contributed by atoms with Crippen molar-refractivity contribution in [2.45, 2.75) is 19.5 Å². The van der Waals surface area contributed by atoms with Crippen LogP contribution in [0, 0.1) is 0 Å². The third kappa shape index (κ3) is 3.73. The van der Waals surface area contributed by atoms with E-state index in [0.717, 1.165) is 30.9 Å². The molecule has 0 atom stereocenters. The molecule has 1 aliphatic rings. The minimum Gasteiger partial charge on any atom is -0.332 e. The van der Waals surface area contributed by atoms with Gasteiger partial charge < -0.3 is 16.0 Å². The van der Waals surface area contributed by atoms with Gasteiger partial charge in [-0.25, -0.2) is 4.79 Å². The molecule has 0 fully saturated rings. The number of fused-ring (bicyclic) bond motifs is 1. The van der Waals surface area contributed by atoms with Crippen LogP contribution in [0.1, 0.15) is 16.8 Å². The average molecular weight is 348 g/mol. The third-order valence-electron chi connectivity index (χ3n) is 4.31. The first kappa shape index (κ1) is 16.3. The summed E-state index contributed by atoms with van der Waals surface area (Å²) in [5.74, 6) is 0. The van der Waals surface area contributed by atoms with E-state index in [4.69, 9.17) is 0 Å². The maximum absolute atomic E-state index is 12.1. The van der Waals surface area contributed by atoms with Crippen LogP contribution in [0.15, 0.2) is 54.7 Å². The minimum absolute atomic E-state index is 0.261. The second-order valence-electron chi connectivity index (χ2n) is 6.18. The average Bonchev–Trinajstić information content (AvgIpc) is 3.16. The molecule has 1 aliphatic heterocycles. The molecule has 0 saturated carbocycles. The fraction of sp³-hybridized carbons (Fsp3) is 0.211. The van der Waals surface area contributed by atoms with Gasteiger partial charge in [-0.15, -0.1) is 0 Å². The van der Waals surface area contributed by atoms with Gasteiger partial charge in [-0.05, 0) is 48.4 Å². The summed E-state index contributed by atoms with van der Waals surface area (Å²) >= 11 is 0. The molecule has 3 N–H and O–H groups in total. The summed E-state index contributed by atoms with van der Waals surface area (Å²) in [6.07, 6.45) is 2.68. The van der Waals surface area contributed by atoms with Gasteiger partial charge in [-0.1, -0.05) is 24.3 Å². The Bertz CT molecular complexity index is 905. The third-order valence-corrected chi connectivity index (χ3v) is 4.31. The summed E-state index contributed by atoms with van der Waals surface area (Å²) in [7, 11) is 0. The number of nitrogens with zero attached hydrogens (tertiary/aromatic N) is 3. The number of hydrogen-bond acceptors (Lipinski definition) is 4. The molecular weight excluding hydrogens is 328 g/mol. The highest BCUT2D eigenvalue weighted by Crippen LogP contribution is 2.18. The molecule has 7 nitrogen and oxygen atoms in total. The Morgan fingerprint density at radius 2 is 2.04 bits per heavy atom. The van der Waals surface area contributed by atoms with Crippen LogP contribution in [0.4, 0.5) is 10.5 Å². The predicted molar refractivity (Wildman–Crippen MR) is 99.1 cm³/mol. The second-order valence-corrected chi connectivity index (χ2v) is 6.18. The molecule has 3 aromatic rings. The lowest BCUT2D eigenvalue weighted by Crippen LogP contribution is -2.29. The summed E-state index contributed by atoms with van der Waals surface area (Å²) in [6, 6.07) is 15.4. The quantitative estimate of drug-likeness (QED) is 0.675. The minimum atomic E-state index is -0.261. The first-order valence-corrected chi connectivity index (χ1v) is 8.62. The van der Waals surface area contributed by atoms with Crippen LogP contribution in [0.3, 0.4) is 0 Å². The maximum Gasteiger partial charge on any atom is 0.319 e. The fourth-order valence-electron chi connectivity index (χ4n) is 2.97. The van der Waals surface area contributed by atoms with Crippen molar-refractivity contribution in [2.75, 3.05) is 11.9 Å². The maximum atomic E-state index is 12.1. The van der Waals surface area contributed by atoms with Gasteiger partial charge in [-0.2, -0.15) is 15.0 Å². The number of urea groups is 1. The van der Waals surface area contributed by atoms with Crippen LogP contribution in [0.5, 0.6) is 0 Å². The first-order valence-electron chi connectivity index (χ1n) is 8.62. The smallest absolute Gasteiger partial charge is 0.319 e. The molecule has 4 rings (SSSR count). The van der Waals surface area contributed by atoms with Gasteiger partial charge >= 0.3 is 6.03 Å². The summed E-state index contributed by atoms with van der Waals surface area (Å²) in [6.45, 7) is 2.16. The van der Waals surface area contributed by atoms with Crippen molar-refractivity contribution in [2.24, 2.45) is 0 Å². The summed E-state index contributed by atoms with van der Waals surface area (Å²) in [5.41, 5.74) is 4.94. The lowest BCUT2D eigenvalue weighted by molar-refractivity contribution is 0.251. The monoisotopic (exact) mass is 348 g/mol. The molecule has 0 radical (unpaired) electrons. The van der Waals surface area contributed by atoms with Crippen molar-refractivity contribution in [1.29, 1.82) is 0 Å². The van der Waals surface area contributed by atoms with Crippen LogP contribution in [0.2, 0.25) is 0 Å². The number of amides is 2. The number of anilines is 1. The molecule has 0 aliphatic carbocycles. The zero-order valence-electron chi connectivity index (χ0n) is 14.3. The summed E-state index contributed by atoms with van der Waals surface area (Å²) in [5, 5.41) is 17.6. The van der Waals surface area contributed by atoms with E-state index in [0.29, 0.717) is 12.2 Å². The predicted octanol–water partition coefficient (Wildman–Crippen LogP) is 2.23. The van der Waals surface area contributed by atoms with Gasteiger partial charge in [0.15, 0.2) is 0 Å². The Labute approximate surface area is 151 Å². The Morgan fingerprint density at radius 3 is 2.92 bits per heavy atom. The van der Waals surface area contributed by atoms with Gasteiger partial charge in [0.05, 0.1) is 18.4 Å². The number of nitrogens with one attached hydrogen (secondary N) is 3. The van der Waals surface area contributed by atoms with Crippen molar-refractivity contribution < 1.29 is 4.79 Å². The van der Waals surface area contributed by atoms with E-state index in [-0.39, 0.29) is 6.03 Å². The number of hydrogen-bond donors (Lipinski definition) is 3. The van der Waals surface area contributed by atoms with Gasteiger partial charge in [0, 0.05) is 12.2 Å². The van der Waals surface area contributed by atoms with Gasteiger partial charge in [0.1, 0.15) is 5.69 Å². The van der Waals surface area contributed by atoms with Gasteiger partial charge in [-0.3, -0.25) is 0 Å². The highest BCUT2D eigenvalue weighted by molar-refractivity contribution is 5.89. The van der Waals surface area contributed by atoms with Crippen LogP contribution in [0.25, 0.3) is 5.69 Å². The number of carbonyl (C=O) groups is 1. The topological polar surface area (TPSA) is 83.9 Å². The Hall–Kier alpha value is -3.19. The number of rotatable bonds is 4. The number of benzene rings is 2. The van der Waals surface area contributed by atoms with Crippen LogP contribution < -0.4 is 16.0 Å². The Kier molecular flexibility index (Phi) is 4.61. The molecule has 0 bridgehead atoms. The molecule has 2 amide bonds. The van der Waals surface area contributed by atoms with Crippen molar-refractivity contribution in [3.63, 3.8) is 0 Å². The summed E-state index contributed by atoms with van der Waals surface area (Å²) < 4.78 is 0. The van der Waals surface area contributed by atoms with Crippen molar-refractivity contribution in [3.8, 4) is 5.69 Å². The largest absolute Gasteiger partial charge is 0.332 e. The standard InChI is InChI=1S/C19H20N6O/c26-19(23-16-7-6-14-8-9-20-11-15(14)10-16)21-12-17-13-22-25(24-17)18-4-2-1-3-5-18/h1-7,10,13,20H,8-9,11-12H2,(H2,21,23,26). The lowest BCUT2D eigenvalue weighted by Gasteiger charge is -2.18. The van der Waals surface area contributed by atoms with Crippen molar-refractivity contribution in [3.05, 3.63) is 71.5 Å². The van der Waals surface area contributed by atoms with Gasteiger partial charge in [0.2, 0.25) is 0 Å². The molecule has 0 saturated heterocycles. The number of carbonyl (C=O) groups excluding carboxylic acids is 1. The van der Waals surface area contributed by atoms with Crippen LogP contribution >= 0.6 is 0 Å². The molecule has 0 spiro atoms. The highest BCUT2D eigenvalue weighted by Gasteiger charge is 2.10. The second kappa shape index (κ2) is 7.37.